The molecular formula is C17H28N2O. The first-order valence-corrected chi connectivity index (χ1v) is 7.84. The van der Waals surface area contributed by atoms with Crippen LogP contribution in [0.25, 0.3) is 0 Å². The maximum absolute atomic E-state index is 5.60. The molecule has 2 rings (SSSR count). The van der Waals surface area contributed by atoms with E-state index in [-0.39, 0.29) is 0 Å². The molecule has 0 aromatic heterocycles. The van der Waals surface area contributed by atoms with E-state index in [2.05, 4.69) is 55.4 Å². The molecule has 1 aliphatic heterocycles. The lowest BCUT2D eigenvalue weighted by atomic mass is 9.99. The zero-order valence-electron chi connectivity index (χ0n) is 13.1. The van der Waals surface area contributed by atoms with E-state index in [1.807, 2.05) is 0 Å². The fraction of sp³-hybridized carbons (Fsp3) is 0.647. The molecule has 3 heteroatoms. The molecule has 1 fully saturated rings. The van der Waals surface area contributed by atoms with Gasteiger partial charge in [-0.1, -0.05) is 19.1 Å². The lowest BCUT2D eigenvalue weighted by molar-refractivity contribution is 0.168. The topological polar surface area (TPSA) is 24.5 Å². The van der Waals surface area contributed by atoms with Gasteiger partial charge < -0.3 is 15.0 Å². The summed E-state index contributed by atoms with van der Waals surface area (Å²) in [5.74, 6) is 0.975. The van der Waals surface area contributed by atoms with Crippen molar-refractivity contribution in [2.75, 3.05) is 20.2 Å². The predicted octanol–water partition coefficient (Wildman–Crippen LogP) is 3.05. The Labute approximate surface area is 123 Å². The molecule has 2 atom stereocenters. The first kappa shape index (κ1) is 15.3. The minimum absolute atomic E-state index is 0.650. The van der Waals surface area contributed by atoms with Crippen LogP contribution in [0.2, 0.25) is 0 Å². The van der Waals surface area contributed by atoms with Gasteiger partial charge in [-0.25, -0.2) is 0 Å². The molecule has 0 saturated carbocycles. The summed E-state index contributed by atoms with van der Waals surface area (Å²) in [7, 11) is 2.22. The molecule has 3 nitrogen and oxygen atoms in total. The number of ether oxygens (including phenoxy) is 1. The van der Waals surface area contributed by atoms with Gasteiger partial charge >= 0.3 is 0 Å². The quantitative estimate of drug-likeness (QED) is 0.864. The third-order valence-electron chi connectivity index (χ3n) is 4.20. The SMILES string of the molecule is CCCOc1ccc(CNC2CCN(C)C(C)C2)cc1. The lowest BCUT2D eigenvalue weighted by Gasteiger charge is -2.35. The molecule has 20 heavy (non-hydrogen) atoms. The second-order valence-corrected chi connectivity index (χ2v) is 5.92. The zero-order valence-corrected chi connectivity index (χ0v) is 13.1. The van der Waals surface area contributed by atoms with Crippen molar-refractivity contribution >= 4 is 0 Å². The normalized spacial score (nSPS) is 23.8. The van der Waals surface area contributed by atoms with Crippen LogP contribution in [0, 0.1) is 0 Å². The van der Waals surface area contributed by atoms with E-state index in [1.165, 1.54) is 24.9 Å². The summed E-state index contributed by atoms with van der Waals surface area (Å²) in [6, 6.07) is 9.81. The van der Waals surface area contributed by atoms with Crippen LogP contribution < -0.4 is 10.1 Å². The Morgan fingerprint density at radius 2 is 2.05 bits per heavy atom. The second kappa shape index (κ2) is 7.65. The van der Waals surface area contributed by atoms with Crippen molar-refractivity contribution < 1.29 is 4.74 Å². The number of nitrogens with one attached hydrogen (secondary N) is 1. The number of nitrogens with zero attached hydrogens (tertiary/aromatic N) is 1. The first-order valence-electron chi connectivity index (χ1n) is 7.84. The van der Waals surface area contributed by atoms with Gasteiger partial charge in [0.05, 0.1) is 6.61 Å². The van der Waals surface area contributed by atoms with Crippen molar-refractivity contribution in [2.24, 2.45) is 0 Å². The molecule has 1 heterocycles. The Balaban J connectivity index is 1.76. The average Bonchev–Trinajstić information content (AvgIpc) is 2.47. The Hall–Kier alpha value is -1.06. The van der Waals surface area contributed by atoms with Gasteiger partial charge in [0.1, 0.15) is 5.75 Å². The Bertz CT molecular complexity index is 390. The van der Waals surface area contributed by atoms with Gasteiger partial charge in [-0.2, -0.15) is 0 Å². The summed E-state index contributed by atoms with van der Waals surface area (Å²) in [4.78, 5) is 2.44. The van der Waals surface area contributed by atoms with Crippen LogP contribution in [-0.2, 0) is 6.54 Å². The molecule has 1 aromatic carbocycles. The van der Waals surface area contributed by atoms with Gasteiger partial charge in [0.25, 0.3) is 0 Å². The Morgan fingerprint density at radius 1 is 1.30 bits per heavy atom. The highest BCUT2D eigenvalue weighted by molar-refractivity contribution is 5.27. The fourth-order valence-electron chi connectivity index (χ4n) is 2.66. The minimum atomic E-state index is 0.650. The zero-order chi connectivity index (χ0) is 14.4. The molecule has 0 bridgehead atoms. The van der Waals surface area contributed by atoms with Crippen LogP contribution in [0.1, 0.15) is 38.7 Å². The summed E-state index contributed by atoms with van der Waals surface area (Å²) in [6.07, 6.45) is 3.55. The predicted molar refractivity (Wildman–Crippen MR) is 84.2 cm³/mol. The van der Waals surface area contributed by atoms with E-state index in [9.17, 15) is 0 Å². The maximum Gasteiger partial charge on any atom is 0.119 e. The van der Waals surface area contributed by atoms with Crippen LogP contribution in [0.15, 0.2) is 24.3 Å². The Kier molecular flexibility index (Phi) is 5.86. The van der Waals surface area contributed by atoms with Gasteiger partial charge in [0.15, 0.2) is 0 Å². The molecule has 0 radical (unpaired) electrons. The van der Waals surface area contributed by atoms with Gasteiger partial charge in [-0.15, -0.1) is 0 Å². The maximum atomic E-state index is 5.60. The molecule has 0 amide bonds. The highest BCUT2D eigenvalue weighted by Crippen LogP contribution is 2.17. The van der Waals surface area contributed by atoms with Crippen molar-refractivity contribution in [1.82, 2.24) is 10.2 Å². The molecule has 0 spiro atoms. The van der Waals surface area contributed by atoms with E-state index in [0.29, 0.717) is 12.1 Å². The van der Waals surface area contributed by atoms with E-state index < -0.39 is 0 Å². The number of likely N-dealkylation sites (tertiary alicyclic amines) is 1. The monoisotopic (exact) mass is 276 g/mol. The molecule has 1 aromatic rings. The van der Waals surface area contributed by atoms with Crippen LogP contribution in [0.4, 0.5) is 0 Å². The molecule has 1 aliphatic rings. The summed E-state index contributed by atoms with van der Waals surface area (Å²) < 4.78 is 5.60. The number of piperidine rings is 1. The van der Waals surface area contributed by atoms with E-state index in [4.69, 9.17) is 4.74 Å². The van der Waals surface area contributed by atoms with Crippen LogP contribution in [-0.4, -0.2) is 37.2 Å². The van der Waals surface area contributed by atoms with E-state index >= 15 is 0 Å². The highest BCUT2D eigenvalue weighted by Gasteiger charge is 2.21. The molecule has 1 N–H and O–H groups in total. The first-order chi connectivity index (χ1) is 9.69. The second-order valence-electron chi connectivity index (χ2n) is 5.92. The molecule has 0 aliphatic carbocycles. The number of hydrogen-bond acceptors (Lipinski definition) is 3. The van der Waals surface area contributed by atoms with E-state index in [1.54, 1.807) is 0 Å². The third-order valence-corrected chi connectivity index (χ3v) is 4.20. The van der Waals surface area contributed by atoms with Gasteiger partial charge in [-0.3, -0.25) is 0 Å². The molecule has 1 saturated heterocycles. The summed E-state index contributed by atoms with van der Waals surface area (Å²) in [5, 5.41) is 3.68. The van der Waals surface area contributed by atoms with Gasteiger partial charge in [0.2, 0.25) is 0 Å². The fourth-order valence-corrected chi connectivity index (χ4v) is 2.66. The largest absolute Gasteiger partial charge is 0.494 e. The highest BCUT2D eigenvalue weighted by atomic mass is 16.5. The molecule has 112 valence electrons. The summed E-state index contributed by atoms with van der Waals surface area (Å²) in [6.45, 7) is 7.39. The van der Waals surface area contributed by atoms with Crippen LogP contribution >= 0.6 is 0 Å². The van der Waals surface area contributed by atoms with Gasteiger partial charge in [-0.05, 0) is 57.5 Å². The van der Waals surface area contributed by atoms with Crippen molar-refractivity contribution in [2.45, 2.75) is 51.7 Å². The van der Waals surface area contributed by atoms with Crippen LogP contribution in [0.5, 0.6) is 5.75 Å². The van der Waals surface area contributed by atoms with E-state index in [0.717, 1.165) is 25.3 Å². The number of benzene rings is 1. The average molecular weight is 276 g/mol. The third kappa shape index (κ3) is 4.50. The van der Waals surface area contributed by atoms with Gasteiger partial charge in [0, 0.05) is 18.6 Å². The number of rotatable bonds is 6. The standard InChI is InChI=1S/C17H28N2O/c1-4-11-20-17-7-5-15(6-8-17)13-18-16-9-10-19(3)14(2)12-16/h5-8,14,16,18H,4,9-13H2,1-3H3. The minimum Gasteiger partial charge on any atom is -0.494 e. The molecule has 2 unspecified atom stereocenters. The molecular weight excluding hydrogens is 248 g/mol. The summed E-state index contributed by atoms with van der Waals surface area (Å²) in [5.41, 5.74) is 1.33. The smallest absolute Gasteiger partial charge is 0.119 e. The summed E-state index contributed by atoms with van der Waals surface area (Å²) >= 11 is 0. The van der Waals surface area contributed by atoms with Crippen molar-refractivity contribution in [3.05, 3.63) is 29.8 Å². The Morgan fingerprint density at radius 3 is 2.70 bits per heavy atom. The van der Waals surface area contributed by atoms with Crippen molar-refractivity contribution in [3.63, 3.8) is 0 Å². The van der Waals surface area contributed by atoms with Crippen molar-refractivity contribution in [3.8, 4) is 5.75 Å². The lowest BCUT2D eigenvalue weighted by Crippen LogP contribution is -2.45. The van der Waals surface area contributed by atoms with Crippen LogP contribution in [0.3, 0.4) is 0 Å². The number of hydrogen-bond donors (Lipinski definition) is 1. The van der Waals surface area contributed by atoms with Crippen molar-refractivity contribution in [1.29, 1.82) is 0 Å².